The summed E-state index contributed by atoms with van der Waals surface area (Å²) in [7, 11) is 0. The van der Waals surface area contributed by atoms with Crippen LogP contribution in [-0.2, 0) is 0 Å². The number of rotatable bonds is 14. The van der Waals surface area contributed by atoms with Gasteiger partial charge in [0.2, 0.25) is 0 Å². The summed E-state index contributed by atoms with van der Waals surface area (Å²) < 4.78 is 0.984. The fraction of sp³-hybridized carbons (Fsp3) is 0.875. The van der Waals surface area contributed by atoms with Crippen LogP contribution >= 0.6 is 36.2 Å². The van der Waals surface area contributed by atoms with E-state index in [4.69, 9.17) is 17.3 Å². The zero-order chi connectivity index (χ0) is 15.1. The van der Waals surface area contributed by atoms with Gasteiger partial charge >= 0.3 is 0 Å². The lowest BCUT2D eigenvalue weighted by Crippen LogP contribution is -1.97. The summed E-state index contributed by atoms with van der Waals surface area (Å²) in [5, 5.41) is 9.00. The van der Waals surface area contributed by atoms with Crippen molar-refractivity contribution >= 4 is 45.4 Å². The number of thioether (sulfide) groups is 1. The Morgan fingerprint density at radius 1 is 0.800 bits per heavy atom. The van der Waals surface area contributed by atoms with Crippen LogP contribution in [0.5, 0.6) is 0 Å². The van der Waals surface area contributed by atoms with E-state index in [9.17, 15) is 0 Å². The third kappa shape index (κ3) is 16.4. The first-order valence-electron chi connectivity index (χ1n) is 8.04. The Hall–Kier alpha value is 0.330. The molecule has 0 aliphatic rings. The highest BCUT2D eigenvalue weighted by Crippen LogP contribution is 2.15. The molecule has 0 unspecified atom stereocenters. The largest absolute Gasteiger partial charge is 0.502 e. The van der Waals surface area contributed by atoms with Gasteiger partial charge in [0.05, 0.1) is 0 Å². The molecule has 20 heavy (non-hydrogen) atoms. The van der Waals surface area contributed by atoms with E-state index >= 15 is 0 Å². The van der Waals surface area contributed by atoms with Crippen LogP contribution in [-0.4, -0.2) is 20.1 Å². The molecule has 0 rings (SSSR count). The smallest absolute Gasteiger partial charge is 0.156 e. The minimum absolute atomic E-state index is 0.0758. The quantitative estimate of drug-likeness (QED) is 0.284. The number of unbranched alkanes of at least 4 members (excludes halogenated alkanes) is 9. The van der Waals surface area contributed by atoms with Crippen molar-refractivity contribution in [2.75, 3.05) is 5.75 Å². The second-order valence-corrected chi connectivity index (χ2v) is 7.71. The molecule has 1 nitrogen and oxygen atoms in total. The maximum absolute atomic E-state index is 8.92. The molecule has 0 spiro atoms. The van der Waals surface area contributed by atoms with Gasteiger partial charge in [0.25, 0.3) is 0 Å². The molecule has 0 fully saturated rings. The van der Waals surface area contributed by atoms with Crippen LogP contribution < -0.4 is 0 Å². The van der Waals surface area contributed by atoms with Gasteiger partial charge in [0, 0.05) is 10.6 Å². The Balaban J connectivity index is 3.12. The van der Waals surface area contributed by atoms with E-state index in [0.29, 0.717) is 6.42 Å². The Kier molecular flexibility index (Phi) is 16.0. The van der Waals surface area contributed by atoms with Crippen molar-refractivity contribution in [3.63, 3.8) is 0 Å². The van der Waals surface area contributed by atoms with Gasteiger partial charge < -0.3 is 5.11 Å². The molecule has 0 radical (unpaired) electrons. The van der Waals surface area contributed by atoms with E-state index in [2.05, 4.69) is 19.1 Å². The molecular weight excluding hydrogens is 304 g/mol. The lowest BCUT2D eigenvalue weighted by atomic mass is 10.1. The van der Waals surface area contributed by atoms with E-state index in [-0.39, 0.29) is 5.05 Å². The van der Waals surface area contributed by atoms with E-state index < -0.39 is 0 Å². The van der Waals surface area contributed by atoms with Gasteiger partial charge in [-0.05, 0) is 30.8 Å². The van der Waals surface area contributed by atoms with Crippen molar-refractivity contribution in [2.24, 2.45) is 0 Å². The van der Waals surface area contributed by atoms with Gasteiger partial charge in [-0.2, -0.15) is 0 Å². The molecule has 0 heterocycles. The number of aliphatic hydroxyl groups is 1. The molecule has 4 heteroatoms. The summed E-state index contributed by atoms with van der Waals surface area (Å²) in [6.07, 6.45) is 15.0. The van der Waals surface area contributed by atoms with Crippen LogP contribution in [0, 0.1) is 0 Å². The zero-order valence-electron chi connectivity index (χ0n) is 12.9. The van der Waals surface area contributed by atoms with Crippen LogP contribution in [0.4, 0.5) is 0 Å². The molecule has 1 N–H and O–H groups in total. The maximum atomic E-state index is 8.92. The second-order valence-electron chi connectivity index (χ2n) is 5.30. The summed E-state index contributed by atoms with van der Waals surface area (Å²) in [6.45, 7) is 2.27. The molecule has 0 aliphatic carbocycles. The first kappa shape index (κ1) is 20.3. The summed E-state index contributed by atoms with van der Waals surface area (Å²) in [4.78, 5) is 0. The number of hydrogen-bond acceptors (Lipinski definition) is 3. The molecule has 0 bridgehead atoms. The van der Waals surface area contributed by atoms with Crippen molar-refractivity contribution in [3.8, 4) is 0 Å². The highest BCUT2D eigenvalue weighted by atomic mass is 32.2. The molecule has 0 aliphatic heterocycles. The van der Waals surface area contributed by atoms with Gasteiger partial charge in [-0.1, -0.05) is 76.9 Å². The van der Waals surface area contributed by atoms with Crippen LogP contribution in [0.15, 0.2) is 0 Å². The molecule has 0 aromatic carbocycles. The molecule has 0 amide bonds. The van der Waals surface area contributed by atoms with Gasteiger partial charge in [0.15, 0.2) is 5.05 Å². The van der Waals surface area contributed by atoms with Crippen molar-refractivity contribution in [1.82, 2.24) is 0 Å². The Morgan fingerprint density at radius 2 is 1.30 bits per heavy atom. The Bertz CT molecular complexity index is 254. The first-order chi connectivity index (χ1) is 9.66. The van der Waals surface area contributed by atoms with E-state index in [1.54, 1.807) is 11.8 Å². The minimum atomic E-state index is 0.0758. The predicted octanol–water partition coefficient (Wildman–Crippen LogP) is 6.63. The first-order valence-corrected chi connectivity index (χ1v) is 9.84. The summed E-state index contributed by atoms with van der Waals surface area (Å²) in [5.41, 5.74) is 0. The molecule has 0 aromatic heterocycles. The lowest BCUT2D eigenvalue weighted by molar-refractivity contribution is 0.551. The SMILES string of the molecule is CCCCCCCCCCCCSC(=S)CCC(O)=S. The van der Waals surface area contributed by atoms with Crippen molar-refractivity contribution in [3.05, 3.63) is 0 Å². The highest BCUT2D eigenvalue weighted by Gasteiger charge is 2.00. The van der Waals surface area contributed by atoms with Gasteiger partial charge in [-0.3, -0.25) is 0 Å². The zero-order valence-corrected chi connectivity index (χ0v) is 15.3. The fourth-order valence-electron chi connectivity index (χ4n) is 2.06. The summed E-state index contributed by atoms with van der Waals surface area (Å²) in [6, 6.07) is 0. The molecule has 0 saturated heterocycles. The van der Waals surface area contributed by atoms with Crippen LogP contribution in [0.1, 0.15) is 84.0 Å². The van der Waals surface area contributed by atoms with Crippen LogP contribution in [0.3, 0.4) is 0 Å². The molecule has 0 saturated carbocycles. The van der Waals surface area contributed by atoms with E-state index in [1.807, 2.05) is 0 Å². The average Bonchev–Trinajstić information content (AvgIpc) is 2.42. The fourth-order valence-corrected chi connectivity index (χ4v) is 3.33. The Morgan fingerprint density at radius 3 is 1.80 bits per heavy atom. The van der Waals surface area contributed by atoms with Crippen LogP contribution in [0.25, 0.3) is 0 Å². The van der Waals surface area contributed by atoms with E-state index in [1.165, 1.54) is 64.2 Å². The third-order valence-electron chi connectivity index (χ3n) is 3.30. The average molecular weight is 335 g/mol. The summed E-state index contributed by atoms with van der Waals surface area (Å²) >= 11 is 11.6. The van der Waals surface area contributed by atoms with E-state index in [0.717, 1.165) is 16.4 Å². The topological polar surface area (TPSA) is 20.2 Å². The normalized spacial score (nSPS) is 10.7. The number of aliphatic hydroxyl groups excluding tert-OH is 1. The lowest BCUT2D eigenvalue weighted by Gasteiger charge is -2.04. The monoisotopic (exact) mass is 334 g/mol. The van der Waals surface area contributed by atoms with Crippen LogP contribution in [0.2, 0.25) is 0 Å². The molecular formula is C16H30OS3. The third-order valence-corrected chi connectivity index (χ3v) is 5.08. The highest BCUT2D eigenvalue weighted by molar-refractivity contribution is 8.23. The van der Waals surface area contributed by atoms with Gasteiger partial charge in [-0.25, -0.2) is 0 Å². The predicted molar refractivity (Wildman–Crippen MR) is 101 cm³/mol. The van der Waals surface area contributed by atoms with Gasteiger partial charge in [-0.15, -0.1) is 11.8 Å². The van der Waals surface area contributed by atoms with Crippen molar-refractivity contribution < 1.29 is 5.11 Å². The second kappa shape index (κ2) is 15.7. The number of hydrogen-bond donors (Lipinski definition) is 1. The maximum Gasteiger partial charge on any atom is 0.156 e. The molecule has 0 aromatic rings. The van der Waals surface area contributed by atoms with Crippen molar-refractivity contribution in [2.45, 2.75) is 84.0 Å². The molecule has 0 atom stereocenters. The Labute approximate surface area is 140 Å². The van der Waals surface area contributed by atoms with Gasteiger partial charge in [0.1, 0.15) is 0 Å². The molecule has 118 valence electrons. The number of thiocarbonyl (C=S) groups is 2. The summed E-state index contributed by atoms with van der Waals surface area (Å²) in [5.74, 6) is 1.12. The minimum Gasteiger partial charge on any atom is -0.502 e. The van der Waals surface area contributed by atoms with Crippen molar-refractivity contribution in [1.29, 1.82) is 0 Å². The standard InChI is InChI=1S/C16H30OS3/c1-2-3-4-5-6-7-8-9-10-11-14-20-16(19)13-12-15(17)18/h2-14H2,1H3,(H,17,18).